The molecule has 2 rings (SSSR count). The molecule has 0 aliphatic rings. The Morgan fingerprint density at radius 3 is 2.23 bits per heavy atom. The van der Waals surface area contributed by atoms with Gasteiger partial charge in [0.25, 0.3) is 0 Å². The molecule has 0 aliphatic heterocycles. The SMILES string of the molecule is CCC(C)C(N)C(=O)NC(C(=O)NC(C)C(=O)NC(Cc1c[nH]c2ccccc12)C(=O)O)C(C)C. The second-order valence-corrected chi connectivity index (χ2v) is 9.33. The van der Waals surface area contributed by atoms with Crippen LogP contribution in [0.1, 0.15) is 46.6 Å². The van der Waals surface area contributed by atoms with Gasteiger partial charge in [-0.25, -0.2) is 4.79 Å². The Kier molecular flexibility index (Phi) is 9.82. The Balaban J connectivity index is 2.03. The number of hydrogen-bond acceptors (Lipinski definition) is 5. The number of fused-ring (bicyclic) bond motifs is 1. The lowest BCUT2D eigenvalue weighted by Crippen LogP contribution is -2.58. The first-order valence-electron chi connectivity index (χ1n) is 11.9. The third kappa shape index (κ3) is 7.29. The Labute approximate surface area is 205 Å². The molecule has 192 valence electrons. The predicted octanol–water partition coefficient (Wildman–Crippen LogP) is 1.30. The number of carbonyl (C=O) groups is 4. The number of nitrogens with two attached hydrogens (primary N) is 1. The van der Waals surface area contributed by atoms with E-state index in [2.05, 4.69) is 20.9 Å². The van der Waals surface area contributed by atoms with Crippen LogP contribution in [0.15, 0.2) is 30.5 Å². The molecule has 10 nitrogen and oxygen atoms in total. The van der Waals surface area contributed by atoms with E-state index >= 15 is 0 Å². The molecule has 0 spiro atoms. The van der Waals surface area contributed by atoms with E-state index in [9.17, 15) is 24.3 Å². The average molecular weight is 488 g/mol. The van der Waals surface area contributed by atoms with E-state index in [1.807, 2.05) is 38.1 Å². The van der Waals surface area contributed by atoms with E-state index in [4.69, 9.17) is 5.73 Å². The minimum Gasteiger partial charge on any atom is -0.480 e. The van der Waals surface area contributed by atoms with E-state index in [1.165, 1.54) is 6.92 Å². The maximum absolute atomic E-state index is 12.9. The fourth-order valence-corrected chi connectivity index (χ4v) is 3.68. The first kappa shape index (κ1) is 27.8. The average Bonchev–Trinajstić information content (AvgIpc) is 3.23. The van der Waals surface area contributed by atoms with Gasteiger partial charge >= 0.3 is 5.97 Å². The maximum Gasteiger partial charge on any atom is 0.326 e. The first-order valence-corrected chi connectivity index (χ1v) is 11.9. The number of carboxylic acids is 1. The fraction of sp³-hybridized carbons (Fsp3) is 0.520. The summed E-state index contributed by atoms with van der Waals surface area (Å²) in [4.78, 5) is 53.0. The summed E-state index contributed by atoms with van der Waals surface area (Å²) in [5.41, 5.74) is 7.60. The van der Waals surface area contributed by atoms with Crippen LogP contribution in [-0.2, 0) is 25.6 Å². The Bertz CT molecular complexity index is 1050. The second kappa shape index (κ2) is 12.3. The topological polar surface area (TPSA) is 166 Å². The molecule has 0 bridgehead atoms. The van der Waals surface area contributed by atoms with Gasteiger partial charge in [0.05, 0.1) is 6.04 Å². The van der Waals surface area contributed by atoms with E-state index in [1.54, 1.807) is 20.0 Å². The zero-order valence-electron chi connectivity index (χ0n) is 20.9. The number of H-pyrrole nitrogens is 1. The lowest BCUT2D eigenvalue weighted by molar-refractivity contribution is -0.142. The van der Waals surface area contributed by atoms with Crippen LogP contribution in [0, 0.1) is 11.8 Å². The number of para-hydroxylation sites is 1. The summed E-state index contributed by atoms with van der Waals surface area (Å²) in [6.07, 6.45) is 2.51. The molecule has 10 heteroatoms. The zero-order valence-corrected chi connectivity index (χ0v) is 20.9. The van der Waals surface area contributed by atoms with Crippen molar-refractivity contribution in [2.75, 3.05) is 0 Å². The van der Waals surface area contributed by atoms with Gasteiger partial charge in [-0.1, -0.05) is 52.3 Å². The Morgan fingerprint density at radius 2 is 1.63 bits per heavy atom. The minimum absolute atomic E-state index is 0.0549. The highest BCUT2D eigenvalue weighted by atomic mass is 16.4. The van der Waals surface area contributed by atoms with Gasteiger partial charge in [0.2, 0.25) is 17.7 Å². The van der Waals surface area contributed by atoms with Crippen LogP contribution in [0.2, 0.25) is 0 Å². The predicted molar refractivity (Wildman–Crippen MR) is 133 cm³/mol. The number of rotatable bonds is 12. The fourth-order valence-electron chi connectivity index (χ4n) is 3.68. The molecule has 0 saturated carbocycles. The number of amides is 3. The summed E-state index contributed by atoms with van der Waals surface area (Å²) in [7, 11) is 0. The standard InChI is InChI=1S/C25H37N5O5/c1-6-14(4)20(26)23(32)30-21(13(2)3)24(33)28-15(5)22(31)29-19(25(34)35)11-16-12-27-18-10-8-7-9-17(16)18/h7-10,12-15,19-21,27H,6,11,26H2,1-5H3,(H,28,33)(H,29,31)(H,30,32)(H,34,35). The zero-order chi connectivity index (χ0) is 26.3. The van der Waals surface area contributed by atoms with Crippen LogP contribution in [0.3, 0.4) is 0 Å². The molecule has 0 saturated heterocycles. The van der Waals surface area contributed by atoms with Crippen LogP contribution in [0.25, 0.3) is 10.9 Å². The third-order valence-electron chi connectivity index (χ3n) is 6.27. The molecule has 0 fully saturated rings. The van der Waals surface area contributed by atoms with Crippen LogP contribution in [0.5, 0.6) is 0 Å². The highest BCUT2D eigenvalue weighted by molar-refractivity contribution is 5.94. The van der Waals surface area contributed by atoms with Gasteiger partial charge in [-0.15, -0.1) is 0 Å². The number of aliphatic carboxylic acids is 1. The van der Waals surface area contributed by atoms with Gasteiger partial charge in [-0.2, -0.15) is 0 Å². The van der Waals surface area contributed by atoms with E-state index in [0.29, 0.717) is 6.42 Å². The van der Waals surface area contributed by atoms with Gasteiger partial charge in [0.15, 0.2) is 0 Å². The number of carbonyl (C=O) groups excluding carboxylic acids is 3. The van der Waals surface area contributed by atoms with Crippen molar-refractivity contribution in [3.63, 3.8) is 0 Å². The monoisotopic (exact) mass is 487 g/mol. The molecule has 0 aliphatic carbocycles. The molecule has 1 aromatic heterocycles. The lowest BCUT2D eigenvalue weighted by Gasteiger charge is -2.26. The van der Waals surface area contributed by atoms with Crippen molar-refractivity contribution in [3.8, 4) is 0 Å². The van der Waals surface area contributed by atoms with Crippen molar-refractivity contribution in [1.29, 1.82) is 0 Å². The van der Waals surface area contributed by atoms with E-state index < -0.39 is 47.9 Å². The largest absolute Gasteiger partial charge is 0.480 e. The summed E-state index contributed by atoms with van der Waals surface area (Å²) >= 11 is 0. The second-order valence-electron chi connectivity index (χ2n) is 9.33. The van der Waals surface area contributed by atoms with Crippen molar-refractivity contribution in [2.45, 2.75) is 71.6 Å². The van der Waals surface area contributed by atoms with Crippen LogP contribution >= 0.6 is 0 Å². The molecule has 2 aromatic rings. The normalized spacial score (nSPS) is 15.6. The lowest BCUT2D eigenvalue weighted by atomic mass is 9.97. The molecule has 0 radical (unpaired) electrons. The summed E-state index contributed by atoms with van der Waals surface area (Å²) in [6.45, 7) is 8.78. The van der Waals surface area contributed by atoms with E-state index in [0.717, 1.165) is 16.5 Å². The molecular weight excluding hydrogens is 450 g/mol. The number of aromatic nitrogens is 1. The molecule has 5 atom stereocenters. The van der Waals surface area contributed by atoms with E-state index in [-0.39, 0.29) is 18.3 Å². The highest BCUT2D eigenvalue weighted by Crippen LogP contribution is 2.19. The Morgan fingerprint density at radius 1 is 0.971 bits per heavy atom. The van der Waals surface area contributed by atoms with Crippen molar-refractivity contribution in [3.05, 3.63) is 36.0 Å². The van der Waals surface area contributed by atoms with Crippen molar-refractivity contribution in [1.82, 2.24) is 20.9 Å². The number of benzene rings is 1. The first-order chi connectivity index (χ1) is 16.5. The molecule has 1 heterocycles. The molecule has 7 N–H and O–H groups in total. The smallest absolute Gasteiger partial charge is 0.326 e. The highest BCUT2D eigenvalue weighted by Gasteiger charge is 2.31. The Hall–Kier alpha value is -3.40. The third-order valence-corrected chi connectivity index (χ3v) is 6.27. The van der Waals surface area contributed by atoms with Gasteiger partial charge in [0, 0.05) is 23.5 Å². The molecule has 5 unspecified atom stereocenters. The van der Waals surface area contributed by atoms with Crippen LogP contribution in [-0.4, -0.2) is 57.9 Å². The molecule has 1 aromatic carbocycles. The summed E-state index contributed by atoms with van der Waals surface area (Å²) in [5.74, 6) is -3.12. The number of nitrogens with one attached hydrogen (secondary N) is 4. The molecule has 3 amide bonds. The summed E-state index contributed by atoms with van der Waals surface area (Å²) < 4.78 is 0. The summed E-state index contributed by atoms with van der Waals surface area (Å²) in [5, 5.41) is 18.3. The minimum atomic E-state index is -1.19. The number of hydrogen-bond donors (Lipinski definition) is 6. The molecular formula is C25H37N5O5. The maximum atomic E-state index is 12.9. The van der Waals surface area contributed by atoms with Crippen molar-refractivity contribution < 1.29 is 24.3 Å². The summed E-state index contributed by atoms with van der Waals surface area (Å²) in [6, 6.07) is 3.62. The molecule has 35 heavy (non-hydrogen) atoms. The van der Waals surface area contributed by atoms with Gasteiger partial charge in [0.1, 0.15) is 18.1 Å². The van der Waals surface area contributed by atoms with Crippen molar-refractivity contribution >= 4 is 34.6 Å². The number of aromatic amines is 1. The van der Waals surface area contributed by atoms with Gasteiger partial charge < -0.3 is 31.8 Å². The number of carboxylic acid groups (broad SMARTS) is 1. The van der Waals surface area contributed by atoms with Gasteiger partial charge in [-0.3, -0.25) is 14.4 Å². The van der Waals surface area contributed by atoms with Crippen molar-refractivity contribution in [2.24, 2.45) is 17.6 Å². The van der Waals surface area contributed by atoms with Crippen LogP contribution < -0.4 is 21.7 Å². The quantitative estimate of drug-likeness (QED) is 0.264. The van der Waals surface area contributed by atoms with Crippen LogP contribution in [0.4, 0.5) is 0 Å². The van der Waals surface area contributed by atoms with Gasteiger partial charge in [-0.05, 0) is 30.4 Å².